The molecule has 2 aliphatic rings. The van der Waals surface area contributed by atoms with Crippen LogP contribution < -0.4 is 0 Å². The van der Waals surface area contributed by atoms with E-state index in [9.17, 15) is 22.4 Å². The van der Waals surface area contributed by atoms with Gasteiger partial charge in [-0.3, -0.25) is 9.59 Å². The first-order chi connectivity index (χ1) is 13.8. The predicted molar refractivity (Wildman–Crippen MR) is 101 cm³/mol. The third-order valence-corrected chi connectivity index (χ3v) is 7.10. The molecule has 0 radical (unpaired) electrons. The van der Waals surface area contributed by atoms with E-state index in [0.717, 1.165) is 0 Å². The van der Waals surface area contributed by atoms with Gasteiger partial charge in [-0.1, -0.05) is 17.3 Å². The van der Waals surface area contributed by atoms with E-state index in [1.54, 1.807) is 21.9 Å². The lowest BCUT2D eigenvalue weighted by molar-refractivity contribution is -0.136. The second-order valence-corrected chi connectivity index (χ2v) is 9.50. The van der Waals surface area contributed by atoms with Crippen LogP contribution in [0.1, 0.15) is 16.9 Å². The second-order valence-electron chi connectivity index (χ2n) is 7.27. The summed E-state index contributed by atoms with van der Waals surface area (Å²) in [5.41, 5.74) is 0.297. The van der Waals surface area contributed by atoms with Crippen molar-refractivity contribution in [2.75, 3.05) is 37.7 Å². The van der Waals surface area contributed by atoms with Crippen molar-refractivity contribution in [1.82, 2.24) is 15.0 Å². The van der Waals surface area contributed by atoms with Gasteiger partial charge in [-0.25, -0.2) is 12.8 Å². The normalized spacial score (nSPS) is 21.3. The van der Waals surface area contributed by atoms with Gasteiger partial charge < -0.3 is 14.3 Å². The molecule has 4 rings (SSSR count). The number of aromatic nitrogens is 1. The molecule has 3 heterocycles. The summed E-state index contributed by atoms with van der Waals surface area (Å²) in [5.74, 6) is -1.35. The van der Waals surface area contributed by atoms with Crippen LogP contribution in [0.3, 0.4) is 0 Å². The van der Waals surface area contributed by atoms with Crippen molar-refractivity contribution in [1.29, 1.82) is 0 Å². The zero-order valence-corrected chi connectivity index (χ0v) is 16.4. The summed E-state index contributed by atoms with van der Waals surface area (Å²) in [6.45, 7) is 1.29. The summed E-state index contributed by atoms with van der Waals surface area (Å²) in [6, 6.07) is 7.46. The molecule has 2 saturated heterocycles. The summed E-state index contributed by atoms with van der Waals surface area (Å²) in [6.07, 6.45) is 0.359. The van der Waals surface area contributed by atoms with Crippen LogP contribution in [-0.4, -0.2) is 72.9 Å². The summed E-state index contributed by atoms with van der Waals surface area (Å²) >= 11 is 0. The van der Waals surface area contributed by atoms with Gasteiger partial charge >= 0.3 is 0 Å². The molecule has 1 aromatic heterocycles. The second kappa shape index (κ2) is 7.58. The Balaban J connectivity index is 1.37. The average molecular weight is 421 g/mol. The molecule has 2 aromatic rings. The van der Waals surface area contributed by atoms with Gasteiger partial charge in [0.05, 0.1) is 23.0 Å². The maximum Gasteiger partial charge on any atom is 0.276 e. The fourth-order valence-corrected chi connectivity index (χ4v) is 5.44. The minimum Gasteiger partial charge on any atom is -0.355 e. The Kier molecular flexibility index (Phi) is 5.12. The number of piperazine rings is 1. The Bertz CT molecular complexity index is 1040. The lowest BCUT2D eigenvalue weighted by atomic mass is 10.1. The molecule has 2 aliphatic heterocycles. The van der Waals surface area contributed by atoms with Gasteiger partial charge in [-0.15, -0.1) is 0 Å². The van der Waals surface area contributed by atoms with Crippen molar-refractivity contribution < 1.29 is 26.9 Å². The molecule has 1 atom stereocenters. The Morgan fingerprint density at radius 2 is 1.79 bits per heavy atom. The lowest BCUT2D eigenvalue weighted by Gasteiger charge is -2.35. The number of carbonyl (C=O) groups is 2. The number of halogens is 1. The minimum atomic E-state index is -3.12. The summed E-state index contributed by atoms with van der Waals surface area (Å²) in [7, 11) is -3.12. The monoisotopic (exact) mass is 421 g/mol. The Morgan fingerprint density at radius 1 is 1.10 bits per heavy atom. The highest BCUT2D eigenvalue weighted by molar-refractivity contribution is 7.91. The zero-order valence-electron chi connectivity index (χ0n) is 15.6. The van der Waals surface area contributed by atoms with Crippen LogP contribution in [0.25, 0.3) is 11.3 Å². The van der Waals surface area contributed by atoms with E-state index in [0.29, 0.717) is 32.6 Å². The van der Waals surface area contributed by atoms with Gasteiger partial charge in [0.2, 0.25) is 5.91 Å². The lowest BCUT2D eigenvalue weighted by Crippen LogP contribution is -2.52. The van der Waals surface area contributed by atoms with Crippen LogP contribution in [0, 0.1) is 11.7 Å². The number of rotatable bonds is 3. The number of amides is 2. The predicted octanol–water partition coefficient (Wildman–Crippen LogP) is 1.20. The van der Waals surface area contributed by atoms with E-state index in [1.807, 2.05) is 0 Å². The van der Waals surface area contributed by atoms with E-state index < -0.39 is 21.6 Å². The zero-order chi connectivity index (χ0) is 20.6. The van der Waals surface area contributed by atoms with E-state index in [-0.39, 0.29) is 40.3 Å². The van der Waals surface area contributed by atoms with Gasteiger partial charge in [0.25, 0.3) is 5.91 Å². The first-order valence-electron chi connectivity index (χ1n) is 9.34. The van der Waals surface area contributed by atoms with Crippen molar-refractivity contribution in [2.24, 2.45) is 5.92 Å². The number of carbonyl (C=O) groups excluding carboxylic acids is 2. The summed E-state index contributed by atoms with van der Waals surface area (Å²) in [4.78, 5) is 28.4. The molecular formula is C19H20FN3O5S. The topological polar surface area (TPSA) is 101 Å². The van der Waals surface area contributed by atoms with Crippen molar-refractivity contribution in [3.05, 3.63) is 41.8 Å². The highest BCUT2D eigenvalue weighted by atomic mass is 32.2. The number of hydrogen-bond acceptors (Lipinski definition) is 6. The molecule has 0 aliphatic carbocycles. The van der Waals surface area contributed by atoms with Crippen molar-refractivity contribution in [2.45, 2.75) is 6.42 Å². The quantitative estimate of drug-likeness (QED) is 0.738. The molecule has 0 saturated carbocycles. The molecule has 8 nitrogen and oxygen atoms in total. The molecule has 29 heavy (non-hydrogen) atoms. The Hall–Kier alpha value is -2.75. The van der Waals surface area contributed by atoms with E-state index >= 15 is 0 Å². The van der Waals surface area contributed by atoms with Crippen molar-refractivity contribution >= 4 is 21.7 Å². The summed E-state index contributed by atoms with van der Waals surface area (Å²) in [5, 5.41) is 3.76. The molecule has 1 aromatic carbocycles. The van der Waals surface area contributed by atoms with Crippen LogP contribution in [0.15, 0.2) is 34.9 Å². The van der Waals surface area contributed by atoms with Crippen molar-refractivity contribution in [3.8, 4) is 11.3 Å². The van der Waals surface area contributed by atoms with Crippen LogP contribution in [0.2, 0.25) is 0 Å². The van der Waals surface area contributed by atoms with E-state index in [4.69, 9.17) is 4.52 Å². The third-order valence-electron chi connectivity index (χ3n) is 5.33. The number of hydrogen-bond donors (Lipinski definition) is 0. The van der Waals surface area contributed by atoms with E-state index in [1.165, 1.54) is 18.2 Å². The first-order valence-corrected chi connectivity index (χ1v) is 11.2. The molecular weight excluding hydrogens is 401 g/mol. The molecule has 0 N–H and O–H groups in total. The largest absolute Gasteiger partial charge is 0.355 e. The van der Waals surface area contributed by atoms with Crippen LogP contribution in [0.5, 0.6) is 0 Å². The standard InChI is InChI=1S/C19H20FN3O5S/c20-15-4-2-1-3-14(15)17-11-16(21-28-17)19(25)23-8-6-22(7-9-23)18(24)13-5-10-29(26,27)12-13/h1-4,11,13H,5-10,12H2/t13-/m0/s1. The highest BCUT2D eigenvalue weighted by Gasteiger charge is 2.36. The molecule has 154 valence electrons. The fraction of sp³-hybridized carbons (Fsp3) is 0.421. The number of nitrogens with zero attached hydrogens (tertiary/aromatic N) is 3. The Labute approximate surface area is 167 Å². The highest BCUT2D eigenvalue weighted by Crippen LogP contribution is 2.24. The maximum absolute atomic E-state index is 13.9. The first kappa shape index (κ1) is 19.6. The number of benzene rings is 1. The van der Waals surface area contributed by atoms with Gasteiger partial charge in [0, 0.05) is 32.2 Å². The molecule has 2 amide bonds. The molecule has 10 heteroatoms. The van der Waals surface area contributed by atoms with Crippen LogP contribution in [0.4, 0.5) is 4.39 Å². The Morgan fingerprint density at radius 3 is 2.45 bits per heavy atom. The molecule has 2 fully saturated rings. The summed E-state index contributed by atoms with van der Waals surface area (Å²) < 4.78 is 42.2. The molecule has 0 spiro atoms. The maximum atomic E-state index is 13.9. The average Bonchev–Trinajstić information content (AvgIpc) is 3.34. The van der Waals surface area contributed by atoms with Crippen LogP contribution >= 0.6 is 0 Å². The number of sulfone groups is 1. The van der Waals surface area contributed by atoms with Gasteiger partial charge in [0.15, 0.2) is 21.3 Å². The van der Waals surface area contributed by atoms with Gasteiger partial charge in [-0.2, -0.15) is 0 Å². The van der Waals surface area contributed by atoms with E-state index in [2.05, 4.69) is 5.16 Å². The smallest absolute Gasteiger partial charge is 0.276 e. The van der Waals surface area contributed by atoms with Gasteiger partial charge in [-0.05, 0) is 18.6 Å². The SMILES string of the molecule is O=C(c1cc(-c2ccccc2F)on1)N1CCN(C(=O)[C@H]2CCS(=O)(=O)C2)CC1. The van der Waals surface area contributed by atoms with Crippen molar-refractivity contribution in [3.63, 3.8) is 0 Å². The van der Waals surface area contributed by atoms with Gasteiger partial charge in [0.1, 0.15) is 5.82 Å². The minimum absolute atomic E-state index is 0.0539. The molecule has 0 unspecified atom stereocenters. The fourth-order valence-electron chi connectivity index (χ4n) is 3.70. The third kappa shape index (κ3) is 4.02. The van der Waals surface area contributed by atoms with Crippen LogP contribution in [-0.2, 0) is 14.6 Å². The molecule has 0 bridgehead atoms.